The van der Waals surface area contributed by atoms with Crippen molar-refractivity contribution >= 4 is 55.0 Å². The molecule has 0 N–H and O–H groups in total. The molecule has 0 saturated heterocycles. The van der Waals surface area contributed by atoms with E-state index in [0.29, 0.717) is 0 Å². The number of rotatable bonds is 4. The third-order valence-corrected chi connectivity index (χ3v) is 9.39. The maximum atomic E-state index is 4.81. The van der Waals surface area contributed by atoms with Crippen molar-refractivity contribution in [2.45, 2.75) is 13.8 Å². The summed E-state index contributed by atoms with van der Waals surface area (Å²) in [5, 5.41) is 9.63. The van der Waals surface area contributed by atoms with Crippen molar-refractivity contribution in [3.8, 4) is 43.4 Å². The number of nitrogens with zero attached hydrogens (tertiary/aromatic N) is 4. The minimum absolute atomic E-state index is 0.973. The minimum Gasteiger partial charge on any atom is -0.256 e. The van der Waals surface area contributed by atoms with E-state index in [1.807, 2.05) is 38.6 Å². The van der Waals surface area contributed by atoms with Crippen LogP contribution in [0.25, 0.3) is 75.7 Å². The van der Waals surface area contributed by atoms with Gasteiger partial charge in [-0.05, 0) is 94.7 Å². The summed E-state index contributed by atoms with van der Waals surface area (Å²) in [5.74, 6) is 0. The quantitative estimate of drug-likeness (QED) is 0.205. The average molecular weight is 551 g/mol. The first-order valence-corrected chi connectivity index (χ1v) is 14.7. The van der Waals surface area contributed by atoms with Gasteiger partial charge in [-0.25, -0.2) is 9.97 Å². The normalized spacial score (nSPS) is 11.8. The molecule has 4 heterocycles. The highest BCUT2D eigenvalue weighted by atomic mass is 32.1. The number of hydrogen-bond donors (Lipinski definition) is 0. The number of benzene rings is 4. The molecule has 0 amide bonds. The second-order valence-corrected chi connectivity index (χ2v) is 12.5. The number of pyridine rings is 2. The third-order valence-electron chi connectivity index (χ3n) is 7.46. The van der Waals surface area contributed by atoms with Crippen LogP contribution in [0.15, 0.2) is 97.6 Å². The van der Waals surface area contributed by atoms with Gasteiger partial charge in [-0.15, -0.1) is 22.7 Å². The SMILES string of the molecule is Cc1ncc(-c2ccc(-c3cc4ccc5cc(-c6ccc(-c7cnc(C)s7)cn6)cc6ccc(c3)c4c56)nc2)s1. The van der Waals surface area contributed by atoms with E-state index in [4.69, 9.17) is 9.97 Å². The number of thiazole rings is 2. The highest BCUT2D eigenvalue weighted by molar-refractivity contribution is 7.15. The Morgan fingerprint density at radius 1 is 0.425 bits per heavy atom. The lowest BCUT2D eigenvalue weighted by molar-refractivity contribution is 1.29. The van der Waals surface area contributed by atoms with Gasteiger partial charge in [0.05, 0.1) is 31.2 Å². The first kappa shape index (κ1) is 23.4. The van der Waals surface area contributed by atoms with Gasteiger partial charge in [-0.2, -0.15) is 0 Å². The summed E-state index contributed by atoms with van der Waals surface area (Å²) >= 11 is 3.38. The first-order valence-electron chi connectivity index (χ1n) is 13.1. The van der Waals surface area contributed by atoms with E-state index >= 15 is 0 Å². The van der Waals surface area contributed by atoms with Gasteiger partial charge in [0.1, 0.15) is 0 Å². The third kappa shape index (κ3) is 3.87. The molecule has 0 unspecified atom stereocenters. The predicted molar refractivity (Wildman–Crippen MR) is 168 cm³/mol. The van der Waals surface area contributed by atoms with Crippen molar-refractivity contribution in [3.05, 3.63) is 108 Å². The monoisotopic (exact) mass is 550 g/mol. The molecule has 0 atom stereocenters. The van der Waals surface area contributed by atoms with Crippen LogP contribution in [0.1, 0.15) is 10.0 Å². The van der Waals surface area contributed by atoms with E-state index in [0.717, 1.165) is 53.4 Å². The van der Waals surface area contributed by atoms with Gasteiger partial charge >= 0.3 is 0 Å². The van der Waals surface area contributed by atoms with E-state index in [2.05, 4.69) is 82.8 Å². The fourth-order valence-electron chi connectivity index (χ4n) is 5.54. The molecule has 0 fully saturated rings. The van der Waals surface area contributed by atoms with Crippen LogP contribution in [0, 0.1) is 13.8 Å². The molecule has 4 aromatic heterocycles. The van der Waals surface area contributed by atoms with Crippen molar-refractivity contribution in [1.29, 1.82) is 0 Å². The predicted octanol–water partition coefficient (Wildman–Crippen LogP) is 9.57. The Balaban J connectivity index is 1.18. The molecule has 0 spiro atoms. The highest BCUT2D eigenvalue weighted by Gasteiger charge is 2.13. The summed E-state index contributed by atoms with van der Waals surface area (Å²) in [4.78, 5) is 20.7. The van der Waals surface area contributed by atoms with Crippen LogP contribution >= 0.6 is 22.7 Å². The lowest BCUT2D eigenvalue weighted by Gasteiger charge is -2.14. The topological polar surface area (TPSA) is 51.6 Å². The second kappa shape index (κ2) is 9.01. The van der Waals surface area contributed by atoms with Gasteiger partial charge in [-0.3, -0.25) is 9.97 Å². The van der Waals surface area contributed by atoms with Gasteiger partial charge in [0.15, 0.2) is 0 Å². The largest absolute Gasteiger partial charge is 0.256 e. The number of aromatic nitrogens is 4. The molecule has 0 bridgehead atoms. The van der Waals surface area contributed by atoms with E-state index in [9.17, 15) is 0 Å². The molecule has 0 saturated carbocycles. The van der Waals surface area contributed by atoms with E-state index in [-0.39, 0.29) is 0 Å². The summed E-state index contributed by atoms with van der Waals surface area (Å²) in [6, 6.07) is 26.5. The van der Waals surface area contributed by atoms with Crippen LogP contribution in [0.4, 0.5) is 0 Å². The van der Waals surface area contributed by atoms with Crippen molar-refractivity contribution < 1.29 is 0 Å². The summed E-state index contributed by atoms with van der Waals surface area (Å²) in [6.07, 6.45) is 7.74. The lowest BCUT2D eigenvalue weighted by atomic mass is 9.90. The number of aryl methyl sites for hydroxylation is 2. The molecule has 0 aliphatic rings. The Morgan fingerprint density at radius 2 is 0.825 bits per heavy atom. The summed E-state index contributed by atoms with van der Waals surface area (Å²) in [7, 11) is 0. The zero-order chi connectivity index (χ0) is 26.8. The fraction of sp³-hybridized carbons (Fsp3) is 0.0588. The molecule has 0 aliphatic heterocycles. The fourth-order valence-corrected chi connectivity index (χ4v) is 7.08. The van der Waals surface area contributed by atoms with Crippen molar-refractivity contribution in [3.63, 3.8) is 0 Å². The Kier molecular flexibility index (Phi) is 5.27. The van der Waals surface area contributed by atoms with E-state index < -0.39 is 0 Å². The molecule has 0 radical (unpaired) electrons. The second-order valence-electron chi connectivity index (χ2n) is 10.1. The highest BCUT2D eigenvalue weighted by Crippen LogP contribution is 2.39. The maximum absolute atomic E-state index is 4.81. The smallest absolute Gasteiger partial charge is 0.0900 e. The Hall–Kier alpha value is -4.52. The molecule has 4 aromatic carbocycles. The zero-order valence-electron chi connectivity index (χ0n) is 21.8. The van der Waals surface area contributed by atoms with E-state index in [1.54, 1.807) is 22.7 Å². The molecular formula is C34H22N4S2. The van der Waals surface area contributed by atoms with Crippen LogP contribution in [0.5, 0.6) is 0 Å². The van der Waals surface area contributed by atoms with Crippen LogP contribution in [-0.2, 0) is 0 Å². The molecular weight excluding hydrogens is 529 g/mol. The van der Waals surface area contributed by atoms with Gasteiger partial charge in [-0.1, -0.05) is 24.3 Å². The molecule has 6 heteroatoms. The van der Waals surface area contributed by atoms with Crippen molar-refractivity contribution in [2.75, 3.05) is 0 Å². The van der Waals surface area contributed by atoms with Gasteiger partial charge in [0.25, 0.3) is 0 Å². The van der Waals surface area contributed by atoms with Crippen LogP contribution in [0.3, 0.4) is 0 Å². The molecule has 190 valence electrons. The molecule has 8 rings (SSSR count). The lowest BCUT2D eigenvalue weighted by Crippen LogP contribution is -1.90. The van der Waals surface area contributed by atoms with Crippen LogP contribution in [-0.4, -0.2) is 19.9 Å². The van der Waals surface area contributed by atoms with Gasteiger partial charge < -0.3 is 0 Å². The minimum atomic E-state index is 0.973. The zero-order valence-corrected chi connectivity index (χ0v) is 23.5. The maximum Gasteiger partial charge on any atom is 0.0900 e. The number of hydrogen-bond acceptors (Lipinski definition) is 6. The van der Waals surface area contributed by atoms with E-state index in [1.165, 1.54) is 32.3 Å². The Bertz CT molecular complexity index is 1950. The van der Waals surface area contributed by atoms with Crippen molar-refractivity contribution in [2.24, 2.45) is 0 Å². The molecule has 40 heavy (non-hydrogen) atoms. The van der Waals surface area contributed by atoms with Gasteiger partial charge in [0.2, 0.25) is 0 Å². The standard InChI is InChI=1S/C34H22N4S2/c1-19-35-17-31(39-19)25-7-9-29(37-15-25)27-11-21-3-5-23-13-28(14-24-6-4-22(12-27)33(21)34(23)24)30-10-8-26(16-38-30)32-18-36-20(2)40-32/h3-18H,1-2H3. The first-order chi connectivity index (χ1) is 19.6. The Morgan fingerprint density at radius 3 is 1.12 bits per heavy atom. The summed E-state index contributed by atoms with van der Waals surface area (Å²) in [6.45, 7) is 4.05. The summed E-state index contributed by atoms with van der Waals surface area (Å²) in [5.41, 5.74) is 6.40. The van der Waals surface area contributed by atoms with Gasteiger partial charge in [0, 0.05) is 47.0 Å². The molecule has 0 aliphatic carbocycles. The van der Waals surface area contributed by atoms with Crippen LogP contribution < -0.4 is 0 Å². The average Bonchev–Trinajstić information content (AvgIpc) is 3.63. The Labute approximate surface area is 239 Å². The van der Waals surface area contributed by atoms with Crippen LogP contribution in [0.2, 0.25) is 0 Å². The molecule has 8 aromatic rings. The van der Waals surface area contributed by atoms with Crippen molar-refractivity contribution in [1.82, 2.24) is 19.9 Å². The molecule has 4 nitrogen and oxygen atoms in total. The summed E-state index contributed by atoms with van der Waals surface area (Å²) < 4.78 is 0.